The number of thioether (sulfide) groups is 1. The fourth-order valence-corrected chi connectivity index (χ4v) is 4.45. The highest BCUT2D eigenvalue weighted by Gasteiger charge is 2.26. The van der Waals surface area contributed by atoms with Crippen LogP contribution in [0.4, 0.5) is 8.78 Å². The van der Waals surface area contributed by atoms with Crippen LogP contribution >= 0.6 is 11.8 Å². The molecule has 0 radical (unpaired) electrons. The van der Waals surface area contributed by atoms with Crippen molar-refractivity contribution in [2.45, 2.75) is 21.6 Å². The summed E-state index contributed by atoms with van der Waals surface area (Å²) in [6.07, 6.45) is 0. The van der Waals surface area contributed by atoms with E-state index in [1.54, 1.807) is 0 Å². The van der Waals surface area contributed by atoms with Gasteiger partial charge in [0.05, 0.1) is 4.90 Å². The number of hydrogen-bond donors (Lipinski definition) is 0. The summed E-state index contributed by atoms with van der Waals surface area (Å²) in [6.45, 7) is 0. The lowest BCUT2D eigenvalue weighted by Crippen LogP contribution is -2.11. The van der Waals surface area contributed by atoms with E-state index in [1.807, 2.05) is 60.7 Å². The zero-order chi connectivity index (χ0) is 22.6. The molecular weight excluding hydrogens is 452 g/mol. The molecule has 1 heterocycles. The van der Waals surface area contributed by atoms with Crippen LogP contribution in [0.1, 0.15) is 5.56 Å². The Bertz CT molecular complexity index is 1300. The van der Waals surface area contributed by atoms with Gasteiger partial charge in [-0.3, -0.25) is 0 Å². The standard InChI is InChI=1S/C23H17F2N3O2S2/c24-22(25)32(29,30)19-13-11-16(12-14-19)15-31-23-26-20(17-7-3-1-4-8-17)21(27-28-23)18-9-5-2-6-10-18/h1-14,22H,15H2. The summed E-state index contributed by atoms with van der Waals surface area (Å²) < 4.78 is 48.5. The molecule has 0 amide bonds. The summed E-state index contributed by atoms with van der Waals surface area (Å²) in [4.78, 5) is 4.30. The van der Waals surface area contributed by atoms with Crippen LogP contribution in [0.25, 0.3) is 22.5 Å². The van der Waals surface area contributed by atoms with Crippen LogP contribution in [0.2, 0.25) is 0 Å². The molecule has 9 heteroatoms. The number of sulfone groups is 1. The second kappa shape index (κ2) is 9.54. The summed E-state index contributed by atoms with van der Waals surface area (Å²) >= 11 is 1.32. The van der Waals surface area contributed by atoms with Crippen molar-refractivity contribution in [1.29, 1.82) is 0 Å². The molecule has 5 nitrogen and oxygen atoms in total. The van der Waals surface area contributed by atoms with Gasteiger partial charge >= 0.3 is 5.76 Å². The van der Waals surface area contributed by atoms with Crippen LogP contribution in [0.5, 0.6) is 0 Å². The van der Waals surface area contributed by atoms with Gasteiger partial charge in [-0.25, -0.2) is 13.4 Å². The summed E-state index contributed by atoms with van der Waals surface area (Å²) in [5, 5.41) is 9.10. The second-order valence-electron chi connectivity index (χ2n) is 6.76. The smallest absolute Gasteiger partial charge is 0.219 e. The average molecular weight is 470 g/mol. The Kier molecular flexibility index (Phi) is 6.57. The Morgan fingerprint density at radius 1 is 0.750 bits per heavy atom. The maximum absolute atomic E-state index is 12.7. The fraction of sp³-hybridized carbons (Fsp3) is 0.0870. The third kappa shape index (κ3) is 4.84. The number of aromatic nitrogens is 3. The van der Waals surface area contributed by atoms with E-state index in [4.69, 9.17) is 4.98 Å². The third-order valence-corrected chi connectivity index (χ3v) is 6.92. The van der Waals surface area contributed by atoms with Crippen molar-refractivity contribution < 1.29 is 17.2 Å². The van der Waals surface area contributed by atoms with Crippen molar-refractivity contribution in [3.63, 3.8) is 0 Å². The molecule has 0 aliphatic heterocycles. The highest BCUT2D eigenvalue weighted by Crippen LogP contribution is 2.30. The van der Waals surface area contributed by atoms with Crippen LogP contribution in [-0.2, 0) is 15.6 Å². The van der Waals surface area contributed by atoms with Crippen molar-refractivity contribution in [3.8, 4) is 22.5 Å². The molecule has 0 aliphatic carbocycles. The van der Waals surface area contributed by atoms with Gasteiger partial charge in [0.2, 0.25) is 15.0 Å². The number of hydrogen-bond acceptors (Lipinski definition) is 6. The van der Waals surface area contributed by atoms with Crippen LogP contribution in [0.15, 0.2) is 95.0 Å². The molecule has 32 heavy (non-hydrogen) atoms. The predicted octanol–water partition coefficient (Wildman–Crippen LogP) is 5.49. The molecule has 0 bridgehead atoms. The topological polar surface area (TPSA) is 72.8 Å². The number of alkyl halides is 2. The van der Waals surface area contributed by atoms with Gasteiger partial charge in [0.15, 0.2) is 0 Å². The Labute approximate surface area is 188 Å². The largest absolute Gasteiger partial charge is 0.341 e. The molecule has 1 aromatic heterocycles. The molecule has 4 aromatic rings. The van der Waals surface area contributed by atoms with E-state index in [-0.39, 0.29) is 0 Å². The van der Waals surface area contributed by atoms with Gasteiger partial charge in [0, 0.05) is 16.9 Å². The van der Waals surface area contributed by atoms with E-state index < -0.39 is 20.5 Å². The van der Waals surface area contributed by atoms with Crippen LogP contribution < -0.4 is 0 Å². The molecule has 162 valence electrons. The summed E-state index contributed by atoms with van der Waals surface area (Å²) in [5.74, 6) is -3.02. The number of rotatable bonds is 7. The maximum atomic E-state index is 12.7. The Balaban J connectivity index is 1.59. The minimum absolute atomic E-state index is 0.405. The highest BCUT2D eigenvalue weighted by molar-refractivity contribution is 7.98. The number of nitrogens with zero attached hydrogens (tertiary/aromatic N) is 3. The minimum Gasteiger partial charge on any atom is -0.219 e. The highest BCUT2D eigenvalue weighted by atomic mass is 32.2. The molecule has 3 aromatic carbocycles. The van der Waals surface area contributed by atoms with Crippen molar-refractivity contribution in [3.05, 3.63) is 90.5 Å². The Morgan fingerprint density at radius 2 is 1.31 bits per heavy atom. The van der Waals surface area contributed by atoms with Gasteiger partial charge in [0.1, 0.15) is 11.4 Å². The summed E-state index contributed by atoms with van der Waals surface area (Å²) in [5.41, 5.74) is 3.93. The van der Waals surface area contributed by atoms with E-state index in [0.29, 0.717) is 22.3 Å². The van der Waals surface area contributed by atoms with Gasteiger partial charge in [-0.1, -0.05) is 84.6 Å². The lowest BCUT2D eigenvalue weighted by atomic mass is 10.0. The van der Waals surface area contributed by atoms with Crippen molar-refractivity contribution >= 4 is 21.6 Å². The van der Waals surface area contributed by atoms with Gasteiger partial charge < -0.3 is 0 Å². The van der Waals surface area contributed by atoms with E-state index in [9.17, 15) is 17.2 Å². The molecule has 0 N–H and O–H groups in total. The lowest BCUT2D eigenvalue weighted by molar-refractivity contribution is 0.234. The lowest BCUT2D eigenvalue weighted by Gasteiger charge is -2.09. The second-order valence-corrected chi connectivity index (χ2v) is 9.62. The van der Waals surface area contributed by atoms with Crippen molar-refractivity contribution in [2.75, 3.05) is 0 Å². The number of halogens is 2. The van der Waals surface area contributed by atoms with Crippen LogP contribution in [-0.4, -0.2) is 29.4 Å². The Morgan fingerprint density at radius 3 is 1.88 bits per heavy atom. The summed E-state index contributed by atoms with van der Waals surface area (Å²) in [7, 11) is -4.60. The first kappa shape index (κ1) is 22.0. The van der Waals surface area contributed by atoms with Crippen LogP contribution in [0, 0.1) is 0 Å². The minimum atomic E-state index is -4.60. The molecule has 0 aliphatic rings. The van der Waals surface area contributed by atoms with Gasteiger partial charge in [0.25, 0.3) is 0 Å². The van der Waals surface area contributed by atoms with E-state index in [2.05, 4.69) is 10.2 Å². The van der Waals surface area contributed by atoms with E-state index in [1.165, 1.54) is 36.0 Å². The van der Waals surface area contributed by atoms with E-state index >= 15 is 0 Å². The quantitative estimate of drug-likeness (QED) is 0.333. The van der Waals surface area contributed by atoms with Gasteiger partial charge in [-0.15, -0.1) is 10.2 Å². The average Bonchev–Trinajstić information content (AvgIpc) is 2.84. The fourth-order valence-electron chi connectivity index (χ4n) is 2.99. The molecule has 4 rings (SSSR count). The molecular formula is C23H17F2N3O2S2. The molecule has 0 saturated carbocycles. The normalized spacial score (nSPS) is 11.6. The zero-order valence-corrected chi connectivity index (χ0v) is 18.2. The molecule has 0 unspecified atom stereocenters. The first-order valence-corrected chi connectivity index (χ1v) is 12.1. The van der Waals surface area contributed by atoms with Gasteiger partial charge in [-0.05, 0) is 17.7 Å². The zero-order valence-electron chi connectivity index (χ0n) is 16.6. The SMILES string of the molecule is O=S(=O)(c1ccc(CSc2nnc(-c3ccccc3)c(-c3ccccc3)n2)cc1)C(F)F. The molecule has 0 atom stereocenters. The maximum Gasteiger partial charge on any atom is 0.341 e. The van der Waals surface area contributed by atoms with Crippen molar-refractivity contribution in [1.82, 2.24) is 15.2 Å². The van der Waals surface area contributed by atoms with Gasteiger partial charge in [-0.2, -0.15) is 8.78 Å². The molecule has 0 fully saturated rings. The van der Waals surface area contributed by atoms with Crippen LogP contribution in [0.3, 0.4) is 0 Å². The summed E-state index contributed by atoms with van der Waals surface area (Å²) in [6, 6.07) is 24.7. The van der Waals surface area contributed by atoms with E-state index in [0.717, 1.165) is 16.7 Å². The predicted molar refractivity (Wildman–Crippen MR) is 120 cm³/mol. The third-order valence-electron chi connectivity index (χ3n) is 4.62. The first-order chi connectivity index (χ1) is 15.4. The Hall–Kier alpha value is -3.17. The molecule has 0 spiro atoms. The first-order valence-electron chi connectivity index (χ1n) is 9.54. The number of benzene rings is 3. The van der Waals surface area contributed by atoms with Crippen molar-refractivity contribution in [2.24, 2.45) is 0 Å². The monoisotopic (exact) mass is 469 g/mol. The molecule has 0 saturated heterocycles.